The number of likely N-dealkylation sites (N-methyl/N-ethyl adjacent to an activating group) is 1. The molecular formula is C14H15ClN4O2S. The number of primary amides is 1. The van der Waals surface area contributed by atoms with Gasteiger partial charge in [-0.1, -0.05) is 17.7 Å². The van der Waals surface area contributed by atoms with Crippen LogP contribution < -0.4 is 11.1 Å². The van der Waals surface area contributed by atoms with Crippen LogP contribution in [0.1, 0.15) is 16.1 Å². The number of halogens is 1. The van der Waals surface area contributed by atoms with Crippen LogP contribution in [0.2, 0.25) is 5.02 Å². The standard InChI is InChI=1S/C14H15ClN4O2S/c1-8-3-4-9(15)5-10(8)17-14-18-11(7-22-14)13(21)19(2)6-12(16)20/h3-5,7H,6H2,1-2H3,(H2,16,20)(H,17,18). The Bertz CT molecular complexity index is 717. The third-order valence-corrected chi connectivity index (χ3v) is 3.90. The lowest BCUT2D eigenvalue weighted by atomic mass is 10.2. The molecule has 1 aromatic heterocycles. The number of aryl methyl sites for hydroxylation is 1. The highest BCUT2D eigenvalue weighted by molar-refractivity contribution is 7.14. The van der Waals surface area contributed by atoms with E-state index in [1.165, 1.54) is 23.3 Å². The Morgan fingerprint density at radius 2 is 2.18 bits per heavy atom. The fraction of sp³-hybridized carbons (Fsp3) is 0.214. The van der Waals surface area contributed by atoms with Gasteiger partial charge in [0.2, 0.25) is 5.91 Å². The van der Waals surface area contributed by atoms with Crippen molar-refractivity contribution in [1.29, 1.82) is 0 Å². The van der Waals surface area contributed by atoms with Gasteiger partial charge in [-0.05, 0) is 24.6 Å². The van der Waals surface area contributed by atoms with Gasteiger partial charge in [0.05, 0.1) is 6.54 Å². The Labute approximate surface area is 136 Å². The van der Waals surface area contributed by atoms with Crippen LogP contribution in [0.5, 0.6) is 0 Å². The van der Waals surface area contributed by atoms with Crippen LogP contribution in [-0.4, -0.2) is 35.3 Å². The summed E-state index contributed by atoms with van der Waals surface area (Å²) in [5, 5.41) is 5.94. The molecule has 1 aromatic carbocycles. The predicted molar refractivity (Wildman–Crippen MR) is 87.7 cm³/mol. The first-order valence-corrected chi connectivity index (χ1v) is 7.65. The second kappa shape index (κ2) is 6.76. The number of hydrogen-bond donors (Lipinski definition) is 2. The minimum atomic E-state index is -0.570. The van der Waals surface area contributed by atoms with Gasteiger partial charge >= 0.3 is 0 Å². The molecule has 0 unspecified atom stereocenters. The minimum absolute atomic E-state index is 0.146. The van der Waals surface area contributed by atoms with Crippen LogP contribution in [0.3, 0.4) is 0 Å². The molecule has 22 heavy (non-hydrogen) atoms. The number of rotatable bonds is 5. The van der Waals surface area contributed by atoms with Crippen LogP contribution in [0, 0.1) is 6.92 Å². The van der Waals surface area contributed by atoms with E-state index in [0.717, 1.165) is 11.3 Å². The second-order valence-corrected chi connectivity index (χ2v) is 6.04. The van der Waals surface area contributed by atoms with Crippen molar-refractivity contribution in [1.82, 2.24) is 9.88 Å². The van der Waals surface area contributed by atoms with Gasteiger partial charge in [0.1, 0.15) is 5.69 Å². The summed E-state index contributed by atoms with van der Waals surface area (Å²) >= 11 is 7.26. The molecule has 0 saturated heterocycles. The highest BCUT2D eigenvalue weighted by Gasteiger charge is 2.17. The molecule has 0 aliphatic heterocycles. The Morgan fingerprint density at radius 3 is 2.86 bits per heavy atom. The van der Waals surface area contributed by atoms with Crippen molar-refractivity contribution in [3.63, 3.8) is 0 Å². The summed E-state index contributed by atoms with van der Waals surface area (Å²) in [5.41, 5.74) is 7.17. The van der Waals surface area contributed by atoms with E-state index in [4.69, 9.17) is 17.3 Å². The van der Waals surface area contributed by atoms with Crippen LogP contribution in [0.25, 0.3) is 0 Å². The Morgan fingerprint density at radius 1 is 1.45 bits per heavy atom. The Kier molecular flexibility index (Phi) is 4.99. The number of anilines is 2. The first-order chi connectivity index (χ1) is 10.4. The number of nitrogens with two attached hydrogens (primary N) is 1. The third kappa shape index (κ3) is 3.96. The molecule has 1 heterocycles. The van der Waals surface area contributed by atoms with Crippen molar-refractivity contribution >= 4 is 45.6 Å². The smallest absolute Gasteiger partial charge is 0.273 e. The van der Waals surface area contributed by atoms with Gasteiger partial charge < -0.3 is 16.0 Å². The maximum atomic E-state index is 12.1. The molecule has 3 N–H and O–H groups in total. The van der Waals surface area contributed by atoms with E-state index in [1.54, 1.807) is 17.5 Å². The SMILES string of the molecule is Cc1ccc(Cl)cc1Nc1nc(C(=O)N(C)CC(N)=O)cs1. The second-order valence-electron chi connectivity index (χ2n) is 4.75. The monoisotopic (exact) mass is 338 g/mol. The molecule has 0 atom stereocenters. The van der Waals surface area contributed by atoms with Gasteiger partial charge in [-0.25, -0.2) is 4.98 Å². The molecule has 0 bridgehead atoms. The minimum Gasteiger partial charge on any atom is -0.368 e. The molecular weight excluding hydrogens is 324 g/mol. The van der Waals surface area contributed by atoms with Gasteiger partial charge in [0.15, 0.2) is 5.13 Å². The molecule has 0 radical (unpaired) electrons. The zero-order valence-electron chi connectivity index (χ0n) is 12.1. The number of nitrogens with one attached hydrogen (secondary N) is 1. The lowest BCUT2D eigenvalue weighted by molar-refractivity contribution is -0.118. The first-order valence-electron chi connectivity index (χ1n) is 6.39. The number of nitrogens with zero attached hydrogens (tertiary/aromatic N) is 2. The first kappa shape index (κ1) is 16.3. The molecule has 8 heteroatoms. The van der Waals surface area contributed by atoms with E-state index in [2.05, 4.69) is 10.3 Å². The topological polar surface area (TPSA) is 88.3 Å². The highest BCUT2D eigenvalue weighted by Crippen LogP contribution is 2.26. The lowest BCUT2D eigenvalue weighted by Crippen LogP contribution is -2.35. The van der Waals surface area contributed by atoms with Crippen molar-refractivity contribution in [2.24, 2.45) is 5.73 Å². The van der Waals surface area contributed by atoms with Gasteiger partial charge in [-0.15, -0.1) is 11.3 Å². The van der Waals surface area contributed by atoms with Crippen molar-refractivity contribution in [2.75, 3.05) is 18.9 Å². The van der Waals surface area contributed by atoms with Crippen LogP contribution in [-0.2, 0) is 4.79 Å². The normalized spacial score (nSPS) is 10.3. The van der Waals surface area contributed by atoms with Crippen molar-refractivity contribution < 1.29 is 9.59 Å². The summed E-state index contributed by atoms with van der Waals surface area (Å²) in [5.74, 6) is -0.926. The number of carbonyl (C=O) groups is 2. The average molecular weight is 339 g/mol. The van der Waals surface area contributed by atoms with E-state index in [0.29, 0.717) is 10.2 Å². The molecule has 0 fully saturated rings. The molecule has 6 nitrogen and oxygen atoms in total. The number of carbonyl (C=O) groups excluding carboxylic acids is 2. The lowest BCUT2D eigenvalue weighted by Gasteiger charge is -2.12. The average Bonchev–Trinajstić information content (AvgIpc) is 2.89. The zero-order chi connectivity index (χ0) is 16.3. The maximum absolute atomic E-state index is 12.1. The summed E-state index contributed by atoms with van der Waals surface area (Å²) < 4.78 is 0. The number of aromatic nitrogens is 1. The Balaban J connectivity index is 2.13. The van der Waals surface area contributed by atoms with E-state index in [1.807, 2.05) is 13.0 Å². The highest BCUT2D eigenvalue weighted by atomic mass is 35.5. The molecule has 2 rings (SSSR count). The maximum Gasteiger partial charge on any atom is 0.273 e. The van der Waals surface area contributed by atoms with Crippen molar-refractivity contribution in [2.45, 2.75) is 6.92 Å². The van der Waals surface area contributed by atoms with Crippen LogP contribution in [0.4, 0.5) is 10.8 Å². The molecule has 116 valence electrons. The van der Waals surface area contributed by atoms with Gasteiger partial charge in [-0.3, -0.25) is 9.59 Å². The number of benzene rings is 1. The molecule has 0 spiro atoms. The molecule has 0 aliphatic rings. The predicted octanol–water partition coefficient (Wildman–Crippen LogP) is 2.41. The fourth-order valence-electron chi connectivity index (χ4n) is 1.77. The molecule has 2 amide bonds. The van der Waals surface area contributed by atoms with Crippen LogP contribution in [0.15, 0.2) is 23.6 Å². The summed E-state index contributed by atoms with van der Waals surface area (Å²) in [6.07, 6.45) is 0. The van der Waals surface area contributed by atoms with E-state index in [9.17, 15) is 9.59 Å². The fourth-order valence-corrected chi connectivity index (χ4v) is 2.64. The summed E-state index contributed by atoms with van der Waals surface area (Å²) in [4.78, 5) is 28.4. The summed E-state index contributed by atoms with van der Waals surface area (Å²) in [7, 11) is 1.50. The quantitative estimate of drug-likeness (QED) is 0.876. The van der Waals surface area contributed by atoms with Gasteiger partial charge in [0, 0.05) is 23.1 Å². The number of hydrogen-bond acceptors (Lipinski definition) is 5. The third-order valence-electron chi connectivity index (χ3n) is 2.90. The van der Waals surface area contributed by atoms with Crippen LogP contribution >= 0.6 is 22.9 Å². The molecule has 2 aromatic rings. The van der Waals surface area contributed by atoms with Crippen molar-refractivity contribution in [3.05, 3.63) is 39.9 Å². The summed E-state index contributed by atoms with van der Waals surface area (Å²) in [6, 6.07) is 5.49. The number of thiazole rings is 1. The van der Waals surface area contributed by atoms with Crippen molar-refractivity contribution in [3.8, 4) is 0 Å². The van der Waals surface area contributed by atoms with E-state index >= 15 is 0 Å². The summed E-state index contributed by atoms with van der Waals surface area (Å²) in [6.45, 7) is 1.80. The van der Waals surface area contributed by atoms with E-state index < -0.39 is 5.91 Å². The van der Waals surface area contributed by atoms with Gasteiger partial charge in [0.25, 0.3) is 5.91 Å². The van der Waals surface area contributed by atoms with E-state index in [-0.39, 0.29) is 18.1 Å². The molecule has 0 saturated carbocycles. The Hall–Kier alpha value is -2.12. The zero-order valence-corrected chi connectivity index (χ0v) is 13.7. The largest absolute Gasteiger partial charge is 0.368 e. The molecule has 0 aliphatic carbocycles. The number of amides is 2. The van der Waals surface area contributed by atoms with Gasteiger partial charge in [-0.2, -0.15) is 0 Å².